The van der Waals surface area contributed by atoms with E-state index in [1.54, 1.807) is 12.1 Å². The molecule has 202 valence electrons. The van der Waals surface area contributed by atoms with Crippen molar-refractivity contribution < 1.29 is 23.9 Å². The van der Waals surface area contributed by atoms with Gasteiger partial charge in [-0.1, -0.05) is 82.6 Å². The molecule has 8 heteroatoms. The summed E-state index contributed by atoms with van der Waals surface area (Å²) in [6, 6.07) is 14.4. The molecule has 38 heavy (non-hydrogen) atoms. The van der Waals surface area contributed by atoms with Gasteiger partial charge in [0.1, 0.15) is 12.1 Å². The van der Waals surface area contributed by atoms with Crippen molar-refractivity contribution >= 4 is 29.3 Å². The van der Waals surface area contributed by atoms with Crippen LogP contribution in [0.3, 0.4) is 0 Å². The monoisotopic (exact) mass is 519 g/mol. The number of fused-ring (bicyclic) bond motifs is 1. The third-order valence-electron chi connectivity index (χ3n) is 6.94. The lowest BCUT2D eigenvalue weighted by molar-refractivity contribution is -0.145. The van der Waals surface area contributed by atoms with Crippen LogP contribution in [0, 0.1) is 11.8 Å². The molecule has 1 heterocycles. The number of nitrogens with one attached hydrogen (secondary N) is 3. The lowest BCUT2D eigenvalue weighted by Crippen LogP contribution is -2.54. The van der Waals surface area contributed by atoms with Crippen molar-refractivity contribution in [3.05, 3.63) is 77.4 Å². The molecule has 2 aromatic carbocycles. The maximum Gasteiger partial charge on any atom is 0.328 e. The molecule has 0 aliphatic carbocycles. The number of benzene rings is 2. The van der Waals surface area contributed by atoms with E-state index in [9.17, 15) is 19.2 Å². The zero-order valence-corrected chi connectivity index (χ0v) is 22.6. The summed E-state index contributed by atoms with van der Waals surface area (Å²) in [5.74, 6) is -1.83. The van der Waals surface area contributed by atoms with Gasteiger partial charge in [-0.15, -0.1) is 0 Å². The van der Waals surface area contributed by atoms with Crippen LogP contribution in [0.5, 0.6) is 0 Å². The molecular weight excluding hydrogens is 482 g/mol. The zero-order chi connectivity index (χ0) is 27.8. The van der Waals surface area contributed by atoms with Crippen molar-refractivity contribution in [3.8, 4) is 0 Å². The lowest BCUT2D eigenvalue weighted by Gasteiger charge is -2.32. The van der Waals surface area contributed by atoms with Crippen LogP contribution in [0.25, 0.3) is 5.57 Å². The molecule has 8 nitrogen and oxygen atoms in total. The standard InChI is InChI=1S/C30H37N3O5/c1-6-19(4)27-23(21-14-10-11-15-22(21)28(35)33-27)17-25(34)32-26(18(2)3)29(36)31-24(30(37)38-5)16-20-12-8-7-9-13-20/h7-15,17-19,24,26-27H,6,16H2,1-5H3,(H,31,36)(H,32,34)(H,33,35)/t19-,24-,26-,27-/m0/s1. The number of methoxy groups -OCH3 is 1. The lowest BCUT2D eigenvalue weighted by atomic mass is 9.82. The van der Waals surface area contributed by atoms with Gasteiger partial charge in [0, 0.05) is 18.1 Å². The molecule has 3 N–H and O–H groups in total. The van der Waals surface area contributed by atoms with Gasteiger partial charge in [-0.25, -0.2) is 4.79 Å². The molecule has 3 amide bonds. The van der Waals surface area contributed by atoms with Crippen LogP contribution in [0.1, 0.15) is 55.6 Å². The van der Waals surface area contributed by atoms with Crippen LogP contribution in [0.15, 0.2) is 60.7 Å². The predicted molar refractivity (Wildman–Crippen MR) is 146 cm³/mol. The number of amides is 3. The van der Waals surface area contributed by atoms with E-state index in [0.717, 1.165) is 12.0 Å². The summed E-state index contributed by atoms with van der Waals surface area (Å²) in [5.41, 5.74) is 2.78. The van der Waals surface area contributed by atoms with E-state index >= 15 is 0 Å². The highest BCUT2D eigenvalue weighted by molar-refractivity contribution is 6.07. The number of ether oxygens (including phenoxy) is 1. The fraction of sp³-hybridized carbons (Fsp3) is 0.400. The first-order valence-electron chi connectivity index (χ1n) is 13.0. The Morgan fingerprint density at radius 1 is 0.974 bits per heavy atom. The predicted octanol–water partition coefficient (Wildman–Crippen LogP) is 3.27. The number of hydrogen-bond donors (Lipinski definition) is 3. The van der Waals surface area contributed by atoms with Crippen molar-refractivity contribution in [2.45, 2.75) is 58.7 Å². The molecule has 1 aliphatic rings. The van der Waals surface area contributed by atoms with Crippen LogP contribution in [-0.2, 0) is 25.5 Å². The Morgan fingerprint density at radius 2 is 1.61 bits per heavy atom. The van der Waals surface area contributed by atoms with E-state index in [1.807, 2.05) is 70.2 Å². The maximum absolute atomic E-state index is 13.3. The van der Waals surface area contributed by atoms with Gasteiger partial charge in [-0.05, 0) is 34.6 Å². The minimum absolute atomic E-state index is 0.0920. The average Bonchev–Trinajstić information content (AvgIpc) is 2.92. The maximum atomic E-state index is 13.3. The smallest absolute Gasteiger partial charge is 0.328 e. The molecule has 0 saturated carbocycles. The van der Waals surface area contributed by atoms with Gasteiger partial charge >= 0.3 is 5.97 Å². The first kappa shape index (κ1) is 28.6. The summed E-state index contributed by atoms with van der Waals surface area (Å²) in [6.45, 7) is 7.69. The van der Waals surface area contributed by atoms with Gasteiger partial charge in [0.2, 0.25) is 11.8 Å². The average molecular weight is 520 g/mol. The fourth-order valence-corrected chi connectivity index (χ4v) is 4.57. The second kappa shape index (κ2) is 13.0. The molecule has 1 aliphatic heterocycles. The van der Waals surface area contributed by atoms with E-state index in [1.165, 1.54) is 13.2 Å². The van der Waals surface area contributed by atoms with Gasteiger partial charge in [-0.3, -0.25) is 14.4 Å². The van der Waals surface area contributed by atoms with Gasteiger partial charge in [-0.2, -0.15) is 0 Å². The molecule has 0 unspecified atom stereocenters. The molecule has 0 bridgehead atoms. The van der Waals surface area contributed by atoms with Crippen LogP contribution in [-0.4, -0.2) is 48.9 Å². The quantitative estimate of drug-likeness (QED) is 0.329. The molecule has 4 atom stereocenters. The van der Waals surface area contributed by atoms with E-state index in [0.29, 0.717) is 16.7 Å². The highest BCUT2D eigenvalue weighted by Crippen LogP contribution is 2.31. The topological polar surface area (TPSA) is 114 Å². The van der Waals surface area contributed by atoms with Crippen LogP contribution in [0.4, 0.5) is 0 Å². The summed E-state index contributed by atoms with van der Waals surface area (Å²) in [6.07, 6.45) is 2.54. The summed E-state index contributed by atoms with van der Waals surface area (Å²) in [5, 5.41) is 8.60. The number of carbonyl (C=O) groups excluding carboxylic acids is 4. The fourth-order valence-electron chi connectivity index (χ4n) is 4.57. The highest BCUT2D eigenvalue weighted by atomic mass is 16.5. The van der Waals surface area contributed by atoms with E-state index in [-0.39, 0.29) is 30.2 Å². The molecule has 0 fully saturated rings. The largest absolute Gasteiger partial charge is 0.467 e. The Labute approximate surface area is 224 Å². The summed E-state index contributed by atoms with van der Waals surface area (Å²) in [4.78, 5) is 51.7. The molecular formula is C30H37N3O5. The minimum atomic E-state index is -0.901. The van der Waals surface area contributed by atoms with Crippen LogP contribution < -0.4 is 16.0 Å². The Morgan fingerprint density at radius 3 is 2.21 bits per heavy atom. The normalized spacial score (nSPS) is 18.1. The van der Waals surface area contributed by atoms with Crippen LogP contribution >= 0.6 is 0 Å². The second-order valence-electron chi connectivity index (χ2n) is 9.99. The first-order valence-corrected chi connectivity index (χ1v) is 13.0. The van der Waals surface area contributed by atoms with E-state index in [2.05, 4.69) is 16.0 Å². The SMILES string of the molecule is CC[C@H](C)[C@@H]1NC(=O)c2ccccc2C1=CC(=O)N[C@H](C(=O)N[C@@H](Cc1ccccc1)C(=O)OC)C(C)C. The third-order valence-corrected chi connectivity index (χ3v) is 6.94. The van der Waals surface area contributed by atoms with Crippen molar-refractivity contribution in [3.63, 3.8) is 0 Å². The highest BCUT2D eigenvalue weighted by Gasteiger charge is 2.33. The summed E-state index contributed by atoms with van der Waals surface area (Å²) >= 11 is 0. The Balaban J connectivity index is 1.84. The van der Waals surface area contributed by atoms with Gasteiger partial charge in [0.15, 0.2) is 0 Å². The van der Waals surface area contributed by atoms with E-state index in [4.69, 9.17) is 4.74 Å². The third kappa shape index (κ3) is 6.88. The van der Waals surface area contributed by atoms with Crippen molar-refractivity contribution in [2.24, 2.45) is 11.8 Å². The van der Waals surface area contributed by atoms with Crippen molar-refractivity contribution in [2.75, 3.05) is 7.11 Å². The van der Waals surface area contributed by atoms with Gasteiger partial charge in [0.25, 0.3) is 5.91 Å². The van der Waals surface area contributed by atoms with Crippen molar-refractivity contribution in [1.29, 1.82) is 0 Å². The molecule has 0 saturated heterocycles. The van der Waals surface area contributed by atoms with E-state index < -0.39 is 29.9 Å². The number of rotatable bonds is 10. The number of hydrogen-bond acceptors (Lipinski definition) is 5. The van der Waals surface area contributed by atoms with Crippen molar-refractivity contribution in [1.82, 2.24) is 16.0 Å². The van der Waals surface area contributed by atoms with Gasteiger partial charge < -0.3 is 20.7 Å². The Hall–Kier alpha value is -3.94. The molecule has 3 rings (SSSR count). The summed E-state index contributed by atoms with van der Waals surface area (Å²) < 4.78 is 4.91. The van der Waals surface area contributed by atoms with Crippen LogP contribution in [0.2, 0.25) is 0 Å². The Kier molecular flexibility index (Phi) is 9.82. The summed E-state index contributed by atoms with van der Waals surface area (Å²) in [7, 11) is 1.27. The molecule has 0 spiro atoms. The van der Waals surface area contributed by atoms with Gasteiger partial charge in [0.05, 0.1) is 13.2 Å². The first-order chi connectivity index (χ1) is 18.2. The minimum Gasteiger partial charge on any atom is -0.467 e. The molecule has 2 aromatic rings. The second-order valence-corrected chi connectivity index (χ2v) is 9.99. The number of esters is 1. The Bertz CT molecular complexity index is 1190. The molecule has 0 radical (unpaired) electrons. The molecule has 0 aromatic heterocycles. The zero-order valence-electron chi connectivity index (χ0n) is 22.6. The number of carbonyl (C=O) groups is 4.